The number of piperidine rings is 1. The van der Waals surface area contributed by atoms with Gasteiger partial charge in [0.15, 0.2) is 0 Å². The number of aliphatic hydroxyl groups is 1. The maximum absolute atomic E-state index is 8.76. The minimum atomic E-state index is 0.315. The summed E-state index contributed by atoms with van der Waals surface area (Å²) in [5.74, 6) is 0. The van der Waals surface area contributed by atoms with Gasteiger partial charge in [0.25, 0.3) is 0 Å². The Bertz CT molecular complexity index is 175. The van der Waals surface area contributed by atoms with E-state index in [1.54, 1.807) is 0 Å². The fourth-order valence-electron chi connectivity index (χ4n) is 2.32. The van der Waals surface area contributed by atoms with E-state index in [1.165, 1.54) is 19.4 Å². The van der Waals surface area contributed by atoms with Gasteiger partial charge in [-0.05, 0) is 53.1 Å². The molecule has 0 aromatic heterocycles. The van der Waals surface area contributed by atoms with Crippen LogP contribution in [-0.2, 0) is 0 Å². The molecule has 1 aliphatic rings. The van der Waals surface area contributed by atoms with Crippen LogP contribution in [0.15, 0.2) is 0 Å². The highest BCUT2D eigenvalue weighted by Gasteiger charge is 2.23. The van der Waals surface area contributed by atoms with Gasteiger partial charge in [0.1, 0.15) is 0 Å². The number of nitrogens with zero attached hydrogens (tertiary/aromatic N) is 1. The van der Waals surface area contributed by atoms with E-state index in [-0.39, 0.29) is 0 Å². The summed E-state index contributed by atoms with van der Waals surface area (Å²) < 4.78 is 0. The lowest BCUT2D eigenvalue weighted by Gasteiger charge is -2.36. The second-order valence-corrected chi connectivity index (χ2v) is 4.98. The first-order valence-electron chi connectivity index (χ1n) is 6.20. The molecular formula is C12H26N2O. The summed E-state index contributed by atoms with van der Waals surface area (Å²) >= 11 is 0. The van der Waals surface area contributed by atoms with Crippen molar-refractivity contribution in [3.63, 3.8) is 0 Å². The van der Waals surface area contributed by atoms with E-state index in [2.05, 4.69) is 31.1 Å². The first kappa shape index (κ1) is 12.9. The van der Waals surface area contributed by atoms with Crippen LogP contribution >= 0.6 is 0 Å². The first-order valence-corrected chi connectivity index (χ1v) is 6.20. The van der Waals surface area contributed by atoms with Gasteiger partial charge >= 0.3 is 0 Å². The number of likely N-dealkylation sites (tertiary alicyclic amines) is 1. The maximum atomic E-state index is 8.76. The summed E-state index contributed by atoms with van der Waals surface area (Å²) in [6.07, 6.45) is 4.50. The third-order valence-corrected chi connectivity index (χ3v) is 3.52. The molecule has 0 aliphatic carbocycles. The van der Waals surface area contributed by atoms with Crippen molar-refractivity contribution < 1.29 is 5.11 Å². The molecule has 1 saturated heterocycles. The molecule has 0 aromatic rings. The molecule has 3 unspecified atom stereocenters. The van der Waals surface area contributed by atoms with Gasteiger partial charge in [-0.25, -0.2) is 0 Å². The largest absolute Gasteiger partial charge is 0.396 e. The van der Waals surface area contributed by atoms with Crippen LogP contribution in [0.2, 0.25) is 0 Å². The maximum Gasteiger partial charge on any atom is 0.0431 e. The molecule has 0 radical (unpaired) electrons. The average molecular weight is 214 g/mol. The highest BCUT2D eigenvalue weighted by Crippen LogP contribution is 2.16. The molecule has 1 heterocycles. The van der Waals surface area contributed by atoms with E-state index >= 15 is 0 Å². The van der Waals surface area contributed by atoms with Crippen LogP contribution in [0.3, 0.4) is 0 Å². The summed E-state index contributed by atoms with van der Waals surface area (Å²) in [6, 6.07) is 1.91. The zero-order valence-corrected chi connectivity index (χ0v) is 10.4. The Morgan fingerprint density at radius 1 is 1.53 bits per heavy atom. The van der Waals surface area contributed by atoms with Crippen LogP contribution < -0.4 is 5.32 Å². The lowest BCUT2D eigenvalue weighted by atomic mass is 9.98. The van der Waals surface area contributed by atoms with Gasteiger partial charge in [-0.15, -0.1) is 0 Å². The zero-order valence-electron chi connectivity index (χ0n) is 10.4. The second-order valence-electron chi connectivity index (χ2n) is 4.98. The lowest BCUT2D eigenvalue weighted by molar-refractivity contribution is 0.161. The minimum absolute atomic E-state index is 0.315. The molecule has 1 aliphatic heterocycles. The van der Waals surface area contributed by atoms with Gasteiger partial charge in [0.05, 0.1) is 0 Å². The summed E-state index contributed by atoms with van der Waals surface area (Å²) in [5, 5.41) is 12.4. The van der Waals surface area contributed by atoms with Crippen LogP contribution in [0.1, 0.15) is 39.5 Å². The average Bonchev–Trinajstić information content (AvgIpc) is 2.20. The summed E-state index contributed by atoms with van der Waals surface area (Å²) in [7, 11) is 2.20. The van der Waals surface area contributed by atoms with Crippen molar-refractivity contribution in [2.24, 2.45) is 0 Å². The van der Waals surface area contributed by atoms with E-state index in [1.807, 2.05) is 0 Å². The molecular weight excluding hydrogens is 188 g/mol. The zero-order chi connectivity index (χ0) is 11.3. The minimum Gasteiger partial charge on any atom is -0.396 e. The lowest BCUT2D eigenvalue weighted by Crippen LogP contribution is -2.47. The fourth-order valence-corrected chi connectivity index (χ4v) is 2.32. The topological polar surface area (TPSA) is 35.5 Å². The smallest absolute Gasteiger partial charge is 0.0431 e. The molecule has 1 rings (SSSR count). The number of nitrogens with one attached hydrogen (secondary N) is 1. The molecule has 3 atom stereocenters. The molecule has 3 heteroatoms. The molecule has 0 bridgehead atoms. The quantitative estimate of drug-likeness (QED) is 0.722. The van der Waals surface area contributed by atoms with Gasteiger partial charge in [-0.2, -0.15) is 0 Å². The van der Waals surface area contributed by atoms with Crippen LogP contribution in [0.5, 0.6) is 0 Å². The second kappa shape index (κ2) is 6.46. The molecule has 1 fully saturated rings. The van der Waals surface area contributed by atoms with Crippen molar-refractivity contribution in [2.75, 3.05) is 20.2 Å². The van der Waals surface area contributed by atoms with Crippen molar-refractivity contribution in [3.8, 4) is 0 Å². The van der Waals surface area contributed by atoms with E-state index in [9.17, 15) is 0 Å². The molecule has 3 nitrogen and oxygen atoms in total. The van der Waals surface area contributed by atoms with Crippen molar-refractivity contribution in [2.45, 2.75) is 57.7 Å². The Morgan fingerprint density at radius 3 is 2.87 bits per heavy atom. The van der Waals surface area contributed by atoms with Gasteiger partial charge in [0, 0.05) is 24.7 Å². The van der Waals surface area contributed by atoms with Crippen LogP contribution in [0, 0.1) is 0 Å². The Balaban J connectivity index is 2.21. The van der Waals surface area contributed by atoms with E-state index in [0.29, 0.717) is 24.7 Å². The molecule has 2 N–H and O–H groups in total. The fraction of sp³-hybridized carbons (Fsp3) is 1.00. The van der Waals surface area contributed by atoms with E-state index < -0.39 is 0 Å². The predicted octanol–water partition coefficient (Wildman–Crippen LogP) is 1.22. The van der Waals surface area contributed by atoms with Crippen LogP contribution in [-0.4, -0.2) is 48.3 Å². The normalized spacial score (nSPS) is 30.4. The van der Waals surface area contributed by atoms with Gasteiger partial charge < -0.3 is 15.3 Å². The monoisotopic (exact) mass is 214 g/mol. The number of hydrogen-bond acceptors (Lipinski definition) is 3. The molecule has 0 amide bonds. The SMILES string of the molecule is CC(CCCO)NC1CCN(C)C(C)C1. The Kier molecular flexibility index (Phi) is 5.58. The van der Waals surface area contributed by atoms with Crippen molar-refractivity contribution >= 4 is 0 Å². The van der Waals surface area contributed by atoms with Crippen molar-refractivity contribution in [1.82, 2.24) is 10.2 Å². The van der Waals surface area contributed by atoms with Crippen LogP contribution in [0.25, 0.3) is 0 Å². The van der Waals surface area contributed by atoms with E-state index in [0.717, 1.165) is 12.8 Å². The predicted molar refractivity (Wildman–Crippen MR) is 64.0 cm³/mol. The molecule has 90 valence electrons. The van der Waals surface area contributed by atoms with Crippen molar-refractivity contribution in [1.29, 1.82) is 0 Å². The van der Waals surface area contributed by atoms with Gasteiger partial charge in [-0.1, -0.05) is 0 Å². The number of rotatable bonds is 5. The molecule has 0 aromatic carbocycles. The third kappa shape index (κ3) is 4.49. The van der Waals surface area contributed by atoms with Crippen molar-refractivity contribution in [3.05, 3.63) is 0 Å². The van der Waals surface area contributed by atoms with E-state index in [4.69, 9.17) is 5.11 Å². The van der Waals surface area contributed by atoms with Gasteiger partial charge in [-0.3, -0.25) is 0 Å². The Hall–Kier alpha value is -0.120. The summed E-state index contributed by atoms with van der Waals surface area (Å²) in [6.45, 7) is 6.03. The van der Waals surface area contributed by atoms with Crippen LogP contribution in [0.4, 0.5) is 0 Å². The Morgan fingerprint density at radius 2 is 2.27 bits per heavy atom. The third-order valence-electron chi connectivity index (χ3n) is 3.52. The highest BCUT2D eigenvalue weighted by molar-refractivity contribution is 4.82. The number of hydrogen-bond donors (Lipinski definition) is 2. The highest BCUT2D eigenvalue weighted by atomic mass is 16.2. The van der Waals surface area contributed by atoms with Gasteiger partial charge in [0.2, 0.25) is 0 Å². The number of aliphatic hydroxyl groups excluding tert-OH is 1. The summed E-state index contributed by atoms with van der Waals surface area (Å²) in [4.78, 5) is 2.43. The summed E-state index contributed by atoms with van der Waals surface area (Å²) in [5.41, 5.74) is 0. The molecule has 0 spiro atoms. The molecule has 15 heavy (non-hydrogen) atoms. The molecule has 0 saturated carbocycles. The standard InChI is InChI=1S/C12H26N2O/c1-10(5-4-8-15)13-12-6-7-14(3)11(2)9-12/h10-13,15H,4-9H2,1-3H3. The Labute approximate surface area is 93.9 Å². The first-order chi connectivity index (χ1) is 7.13.